The van der Waals surface area contributed by atoms with Gasteiger partial charge in [0.15, 0.2) is 6.29 Å². The summed E-state index contributed by atoms with van der Waals surface area (Å²) in [6.07, 6.45) is 1.99. The molecule has 12 heavy (non-hydrogen) atoms. The quantitative estimate of drug-likeness (QED) is 0.602. The third kappa shape index (κ3) is 1.40. The zero-order valence-electron chi connectivity index (χ0n) is 6.44. The molecule has 0 unspecified atom stereocenters. The number of rotatable bonds is 2. The van der Waals surface area contributed by atoms with Crippen molar-refractivity contribution < 1.29 is 9.53 Å². The number of aromatic nitrogens is 1. The molecule has 1 rings (SSSR count). The molecule has 1 heterocycles. The number of hydrogen-bond acceptors (Lipinski definition) is 4. The molecule has 0 saturated heterocycles. The third-order valence-electron chi connectivity index (χ3n) is 1.32. The zero-order valence-corrected chi connectivity index (χ0v) is 6.44. The highest BCUT2D eigenvalue weighted by atomic mass is 16.5. The molecule has 60 valence electrons. The van der Waals surface area contributed by atoms with Crippen LogP contribution in [0.4, 0.5) is 0 Å². The fourth-order valence-electron chi connectivity index (χ4n) is 0.776. The fraction of sp³-hybridized carbons (Fsp3) is 0.125. The first-order valence-electron chi connectivity index (χ1n) is 3.21. The number of carbonyl (C=O) groups is 1. The van der Waals surface area contributed by atoms with Crippen molar-refractivity contribution in [2.75, 3.05) is 7.11 Å². The van der Waals surface area contributed by atoms with Gasteiger partial charge in [-0.05, 0) is 6.07 Å². The summed E-state index contributed by atoms with van der Waals surface area (Å²) in [7, 11) is 1.42. The Balaban J connectivity index is 3.21. The molecular formula is C8H6N2O2. The maximum atomic E-state index is 10.3. The summed E-state index contributed by atoms with van der Waals surface area (Å²) < 4.78 is 4.79. The molecule has 1 aromatic heterocycles. The van der Waals surface area contributed by atoms with E-state index in [0.29, 0.717) is 11.8 Å². The number of hydrogen-bond donors (Lipinski definition) is 0. The Labute approximate surface area is 69.4 Å². The van der Waals surface area contributed by atoms with Crippen LogP contribution in [0.3, 0.4) is 0 Å². The van der Waals surface area contributed by atoms with Crippen LogP contribution in [0, 0.1) is 11.3 Å². The lowest BCUT2D eigenvalue weighted by molar-refractivity contribution is 0.112. The molecule has 0 aliphatic heterocycles. The van der Waals surface area contributed by atoms with Crippen LogP contribution < -0.4 is 4.74 Å². The SMILES string of the molecule is COc1ncc(C=O)cc1C#N. The average Bonchev–Trinajstić information content (AvgIpc) is 2.16. The Kier molecular flexibility index (Phi) is 2.38. The van der Waals surface area contributed by atoms with E-state index in [4.69, 9.17) is 10.00 Å². The first-order chi connectivity index (χ1) is 5.81. The van der Waals surface area contributed by atoms with E-state index in [0.717, 1.165) is 0 Å². The van der Waals surface area contributed by atoms with E-state index in [1.807, 2.05) is 6.07 Å². The van der Waals surface area contributed by atoms with Crippen molar-refractivity contribution in [3.63, 3.8) is 0 Å². The van der Waals surface area contributed by atoms with Gasteiger partial charge < -0.3 is 4.74 Å². The molecule has 0 N–H and O–H groups in total. The van der Waals surface area contributed by atoms with Crippen molar-refractivity contribution >= 4 is 6.29 Å². The topological polar surface area (TPSA) is 63.0 Å². The molecule has 4 heteroatoms. The Morgan fingerprint density at radius 2 is 2.50 bits per heavy atom. The number of nitrogens with zero attached hydrogens (tertiary/aromatic N) is 2. The van der Waals surface area contributed by atoms with Crippen molar-refractivity contribution in [2.24, 2.45) is 0 Å². The van der Waals surface area contributed by atoms with E-state index in [1.54, 1.807) is 0 Å². The first-order valence-corrected chi connectivity index (χ1v) is 3.21. The number of pyridine rings is 1. The number of ether oxygens (including phenoxy) is 1. The number of carbonyl (C=O) groups excluding carboxylic acids is 1. The normalized spacial score (nSPS) is 8.67. The highest BCUT2D eigenvalue weighted by molar-refractivity contribution is 5.75. The number of methoxy groups -OCH3 is 1. The molecule has 1 aromatic rings. The minimum atomic E-state index is 0.239. The molecule has 0 amide bonds. The minimum absolute atomic E-state index is 0.239. The maximum Gasteiger partial charge on any atom is 0.231 e. The molecule has 0 aliphatic rings. The summed E-state index contributed by atoms with van der Waals surface area (Å²) in [6, 6.07) is 3.30. The van der Waals surface area contributed by atoms with Crippen LogP contribution in [0.1, 0.15) is 15.9 Å². The second-order valence-electron chi connectivity index (χ2n) is 2.06. The summed E-state index contributed by atoms with van der Waals surface area (Å²) in [4.78, 5) is 14.0. The summed E-state index contributed by atoms with van der Waals surface area (Å²) in [5.74, 6) is 0.239. The summed E-state index contributed by atoms with van der Waals surface area (Å²) >= 11 is 0. The van der Waals surface area contributed by atoms with Gasteiger partial charge in [0.25, 0.3) is 0 Å². The molecule has 0 radical (unpaired) electrons. The molecule has 4 nitrogen and oxygen atoms in total. The smallest absolute Gasteiger partial charge is 0.231 e. The van der Waals surface area contributed by atoms with Crippen molar-refractivity contribution in [3.05, 3.63) is 23.4 Å². The lowest BCUT2D eigenvalue weighted by Gasteiger charge is -1.99. The molecule has 0 atom stereocenters. The highest BCUT2D eigenvalue weighted by Crippen LogP contribution is 2.13. The molecule has 0 aliphatic carbocycles. The zero-order chi connectivity index (χ0) is 8.97. The maximum absolute atomic E-state index is 10.3. The Hall–Kier alpha value is -1.89. The largest absolute Gasteiger partial charge is 0.480 e. The van der Waals surface area contributed by atoms with Gasteiger partial charge in [0, 0.05) is 11.8 Å². The van der Waals surface area contributed by atoms with Crippen LogP contribution in [-0.4, -0.2) is 18.4 Å². The van der Waals surface area contributed by atoms with E-state index in [9.17, 15) is 4.79 Å². The lowest BCUT2D eigenvalue weighted by Crippen LogP contribution is -1.93. The molecule has 0 saturated carbocycles. The molecule has 0 aromatic carbocycles. The van der Waals surface area contributed by atoms with Crippen LogP contribution in [-0.2, 0) is 0 Å². The second kappa shape index (κ2) is 3.49. The van der Waals surface area contributed by atoms with E-state index >= 15 is 0 Å². The van der Waals surface area contributed by atoms with Gasteiger partial charge in [0.2, 0.25) is 5.88 Å². The lowest BCUT2D eigenvalue weighted by atomic mass is 10.2. The molecule has 0 spiro atoms. The van der Waals surface area contributed by atoms with Crippen molar-refractivity contribution in [2.45, 2.75) is 0 Å². The summed E-state index contributed by atoms with van der Waals surface area (Å²) in [5.41, 5.74) is 0.634. The van der Waals surface area contributed by atoms with Gasteiger partial charge in [0.05, 0.1) is 7.11 Å². The van der Waals surface area contributed by atoms with Gasteiger partial charge in [-0.25, -0.2) is 4.98 Å². The van der Waals surface area contributed by atoms with Crippen LogP contribution in [0.2, 0.25) is 0 Å². The van der Waals surface area contributed by atoms with Crippen LogP contribution in [0.5, 0.6) is 5.88 Å². The second-order valence-corrected chi connectivity index (χ2v) is 2.06. The van der Waals surface area contributed by atoms with Crippen molar-refractivity contribution in [1.29, 1.82) is 5.26 Å². The van der Waals surface area contributed by atoms with Crippen molar-refractivity contribution in [3.8, 4) is 11.9 Å². The van der Waals surface area contributed by atoms with Gasteiger partial charge in [-0.2, -0.15) is 5.26 Å². The average molecular weight is 162 g/mol. The number of nitriles is 1. The van der Waals surface area contributed by atoms with E-state index in [1.165, 1.54) is 19.4 Å². The summed E-state index contributed by atoms with van der Waals surface area (Å²) in [6.45, 7) is 0. The Bertz CT molecular complexity index is 341. The van der Waals surface area contributed by atoms with Gasteiger partial charge >= 0.3 is 0 Å². The van der Waals surface area contributed by atoms with Gasteiger partial charge in [0.1, 0.15) is 11.6 Å². The van der Waals surface area contributed by atoms with E-state index in [-0.39, 0.29) is 11.4 Å². The summed E-state index contributed by atoms with van der Waals surface area (Å²) in [5, 5.41) is 8.58. The predicted molar refractivity (Wildman–Crippen MR) is 40.9 cm³/mol. The van der Waals surface area contributed by atoms with Crippen LogP contribution >= 0.6 is 0 Å². The number of aldehydes is 1. The Morgan fingerprint density at radius 3 is 3.00 bits per heavy atom. The molecule has 0 fully saturated rings. The van der Waals surface area contributed by atoms with E-state index < -0.39 is 0 Å². The fourth-order valence-corrected chi connectivity index (χ4v) is 0.776. The van der Waals surface area contributed by atoms with Gasteiger partial charge in [-0.1, -0.05) is 0 Å². The Morgan fingerprint density at radius 1 is 1.75 bits per heavy atom. The van der Waals surface area contributed by atoms with Crippen molar-refractivity contribution in [1.82, 2.24) is 4.98 Å². The third-order valence-corrected chi connectivity index (χ3v) is 1.32. The first kappa shape index (κ1) is 8.21. The van der Waals surface area contributed by atoms with Gasteiger partial charge in [-0.15, -0.1) is 0 Å². The highest BCUT2D eigenvalue weighted by Gasteiger charge is 2.03. The molecular weight excluding hydrogens is 156 g/mol. The minimum Gasteiger partial charge on any atom is -0.480 e. The van der Waals surface area contributed by atoms with E-state index in [2.05, 4.69) is 4.98 Å². The van der Waals surface area contributed by atoms with Crippen LogP contribution in [0.15, 0.2) is 12.3 Å². The predicted octanol–water partition coefficient (Wildman–Crippen LogP) is 0.774. The van der Waals surface area contributed by atoms with Gasteiger partial charge in [-0.3, -0.25) is 4.79 Å². The van der Waals surface area contributed by atoms with Crippen LogP contribution in [0.25, 0.3) is 0 Å². The standard InChI is InChI=1S/C8H6N2O2/c1-12-8-7(3-9)2-6(5-11)4-10-8/h2,4-5H,1H3. The molecule has 0 bridgehead atoms. The monoisotopic (exact) mass is 162 g/mol.